The van der Waals surface area contributed by atoms with Crippen LogP contribution in [-0.4, -0.2) is 21.6 Å². The van der Waals surface area contributed by atoms with Crippen molar-refractivity contribution in [1.29, 1.82) is 0 Å². The van der Waals surface area contributed by atoms with Crippen molar-refractivity contribution in [3.8, 4) is 22.6 Å². The highest BCUT2D eigenvalue weighted by Gasteiger charge is 2.23. The second kappa shape index (κ2) is 6.33. The summed E-state index contributed by atoms with van der Waals surface area (Å²) in [6.07, 6.45) is 2.30. The Morgan fingerprint density at radius 1 is 0.960 bits per heavy atom. The molecule has 1 aliphatic rings. The Bertz CT molecular complexity index is 937. The molecule has 0 radical (unpaired) electrons. The minimum atomic E-state index is -1.39. The Morgan fingerprint density at radius 3 is 2.56 bits per heavy atom. The van der Waals surface area contributed by atoms with Crippen LogP contribution in [0.25, 0.3) is 28.7 Å². The van der Waals surface area contributed by atoms with Crippen molar-refractivity contribution in [2.24, 2.45) is 0 Å². The van der Waals surface area contributed by atoms with Gasteiger partial charge in [0.2, 0.25) is 0 Å². The van der Waals surface area contributed by atoms with Crippen molar-refractivity contribution in [3.05, 3.63) is 77.4 Å². The highest BCUT2D eigenvalue weighted by molar-refractivity contribution is 5.72. The van der Waals surface area contributed by atoms with Gasteiger partial charge in [-0.2, -0.15) is 0 Å². The molecule has 1 unspecified atom stereocenters. The molecule has 0 bridgehead atoms. The van der Waals surface area contributed by atoms with E-state index in [-0.39, 0.29) is 12.5 Å². The molecule has 4 heteroatoms. The maximum absolute atomic E-state index is 9.49. The van der Waals surface area contributed by atoms with Gasteiger partial charge in [0.05, 0.1) is 12.5 Å². The van der Waals surface area contributed by atoms with E-state index in [9.17, 15) is 15.3 Å². The number of benzene rings is 2. The molecule has 4 rings (SSSR count). The van der Waals surface area contributed by atoms with Crippen molar-refractivity contribution in [2.45, 2.75) is 18.8 Å². The van der Waals surface area contributed by atoms with Gasteiger partial charge in [-0.05, 0) is 34.9 Å². The molecule has 2 aromatic carbocycles. The molecule has 25 heavy (non-hydrogen) atoms. The number of rotatable bonds is 4. The minimum Gasteiger partial charge on any atom is -0.456 e. The van der Waals surface area contributed by atoms with Crippen LogP contribution in [0.1, 0.15) is 22.6 Å². The van der Waals surface area contributed by atoms with Crippen LogP contribution in [0.15, 0.2) is 65.1 Å². The van der Waals surface area contributed by atoms with Crippen LogP contribution in [-0.2, 0) is 6.61 Å². The van der Waals surface area contributed by atoms with Crippen LogP contribution < -0.4 is 0 Å². The van der Waals surface area contributed by atoms with Gasteiger partial charge < -0.3 is 19.7 Å². The van der Waals surface area contributed by atoms with Crippen LogP contribution in [0.3, 0.4) is 0 Å². The van der Waals surface area contributed by atoms with E-state index in [1.54, 1.807) is 6.08 Å². The molecule has 1 aliphatic carbocycles. The molecule has 126 valence electrons. The monoisotopic (exact) mass is 334 g/mol. The van der Waals surface area contributed by atoms with E-state index in [0.717, 1.165) is 33.6 Å². The fourth-order valence-electron chi connectivity index (χ4n) is 3.28. The van der Waals surface area contributed by atoms with Crippen molar-refractivity contribution < 1.29 is 19.7 Å². The van der Waals surface area contributed by atoms with Crippen LogP contribution in [0.2, 0.25) is 0 Å². The van der Waals surface area contributed by atoms with Gasteiger partial charge in [-0.25, -0.2) is 0 Å². The predicted molar refractivity (Wildman–Crippen MR) is 95.5 cm³/mol. The first-order valence-electron chi connectivity index (χ1n) is 8.15. The molecule has 3 aromatic rings. The molecular weight excluding hydrogens is 316 g/mol. The summed E-state index contributed by atoms with van der Waals surface area (Å²) in [5.74, 6) is 1.05. The molecule has 0 spiro atoms. The number of fused-ring (bicyclic) bond motifs is 1. The van der Waals surface area contributed by atoms with Crippen LogP contribution in [0.5, 0.6) is 0 Å². The summed E-state index contributed by atoms with van der Waals surface area (Å²) in [4.78, 5) is 0. The second-order valence-corrected chi connectivity index (χ2v) is 6.12. The average Bonchev–Trinajstić information content (AvgIpc) is 3.28. The molecule has 0 aliphatic heterocycles. The van der Waals surface area contributed by atoms with Crippen molar-refractivity contribution >= 4 is 6.08 Å². The SMILES string of the molecule is OCc1ccccc1-c1ccc(-c2ccc3c(c2)C=CC3C(O)O)o1. The third-order valence-electron chi connectivity index (χ3n) is 4.59. The zero-order valence-corrected chi connectivity index (χ0v) is 13.5. The van der Waals surface area contributed by atoms with Gasteiger partial charge in [-0.15, -0.1) is 0 Å². The summed E-state index contributed by atoms with van der Waals surface area (Å²) < 4.78 is 6.00. The Kier molecular flexibility index (Phi) is 4.01. The second-order valence-electron chi connectivity index (χ2n) is 6.12. The fraction of sp³-hybridized carbons (Fsp3) is 0.143. The standard InChI is InChI=1S/C21H18O4/c22-12-15-3-1-2-4-17(15)20-10-9-19(25-20)14-6-7-16-13(11-14)5-8-18(16)21(23)24/h1-11,18,21-24H,12H2. The lowest BCUT2D eigenvalue weighted by Crippen LogP contribution is -2.14. The molecule has 1 atom stereocenters. The molecule has 1 aromatic heterocycles. The zero-order valence-electron chi connectivity index (χ0n) is 13.5. The Balaban J connectivity index is 1.69. The van der Waals surface area contributed by atoms with E-state index in [0.29, 0.717) is 5.76 Å². The van der Waals surface area contributed by atoms with Gasteiger partial charge in [0, 0.05) is 11.1 Å². The number of hydrogen-bond acceptors (Lipinski definition) is 4. The third-order valence-corrected chi connectivity index (χ3v) is 4.59. The smallest absolute Gasteiger partial charge is 0.161 e. The molecule has 3 N–H and O–H groups in total. The highest BCUT2D eigenvalue weighted by Crippen LogP contribution is 2.36. The molecule has 0 saturated carbocycles. The Labute approximate surface area is 145 Å². The lowest BCUT2D eigenvalue weighted by molar-refractivity contribution is -0.0490. The van der Waals surface area contributed by atoms with Gasteiger partial charge in [0.25, 0.3) is 0 Å². The van der Waals surface area contributed by atoms with E-state index >= 15 is 0 Å². The average molecular weight is 334 g/mol. The molecule has 0 fully saturated rings. The van der Waals surface area contributed by atoms with E-state index < -0.39 is 6.29 Å². The van der Waals surface area contributed by atoms with E-state index in [4.69, 9.17) is 4.42 Å². The highest BCUT2D eigenvalue weighted by atomic mass is 16.5. The summed E-state index contributed by atoms with van der Waals surface area (Å²) in [5.41, 5.74) is 4.48. The van der Waals surface area contributed by atoms with Gasteiger partial charge in [0.15, 0.2) is 6.29 Å². The van der Waals surface area contributed by atoms with Crippen molar-refractivity contribution in [2.75, 3.05) is 0 Å². The molecular formula is C21H18O4. The quantitative estimate of drug-likeness (QED) is 0.638. The molecule has 0 amide bonds. The van der Waals surface area contributed by atoms with Gasteiger partial charge >= 0.3 is 0 Å². The number of hydrogen-bond donors (Lipinski definition) is 3. The lowest BCUT2D eigenvalue weighted by Gasteiger charge is -2.13. The van der Waals surface area contributed by atoms with E-state index in [2.05, 4.69) is 0 Å². The van der Waals surface area contributed by atoms with Crippen LogP contribution in [0.4, 0.5) is 0 Å². The summed E-state index contributed by atoms with van der Waals surface area (Å²) in [6, 6.07) is 17.2. The maximum Gasteiger partial charge on any atom is 0.161 e. The zero-order chi connectivity index (χ0) is 17.4. The molecule has 0 saturated heterocycles. The maximum atomic E-state index is 9.49. The largest absolute Gasteiger partial charge is 0.456 e. The molecule has 4 nitrogen and oxygen atoms in total. The minimum absolute atomic E-state index is 0.0410. The predicted octanol–water partition coefficient (Wildman–Crippen LogP) is 3.53. The number of furan rings is 1. The van der Waals surface area contributed by atoms with E-state index in [1.807, 2.05) is 60.7 Å². The van der Waals surface area contributed by atoms with Gasteiger partial charge in [0.1, 0.15) is 11.5 Å². The summed E-state index contributed by atoms with van der Waals surface area (Å²) in [7, 11) is 0. The topological polar surface area (TPSA) is 73.8 Å². The Morgan fingerprint density at radius 2 is 1.76 bits per heavy atom. The first kappa shape index (κ1) is 15.8. The van der Waals surface area contributed by atoms with Gasteiger partial charge in [-0.1, -0.05) is 48.6 Å². The van der Waals surface area contributed by atoms with Crippen LogP contribution in [0, 0.1) is 0 Å². The van der Waals surface area contributed by atoms with Crippen molar-refractivity contribution in [3.63, 3.8) is 0 Å². The molecule has 1 heterocycles. The first-order chi connectivity index (χ1) is 12.2. The third kappa shape index (κ3) is 2.81. The fourth-order valence-corrected chi connectivity index (χ4v) is 3.28. The number of aliphatic hydroxyl groups is 3. The summed E-state index contributed by atoms with van der Waals surface area (Å²) >= 11 is 0. The summed E-state index contributed by atoms with van der Waals surface area (Å²) in [5, 5.41) is 28.3. The lowest BCUT2D eigenvalue weighted by atomic mass is 9.98. The Hall–Kier alpha value is -2.66. The van der Waals surface area contributed by atoms with Crippen molar-refractivity contribution in [1.82, 2.24) is 0 Å². The van der Waals surface area contributed by atoms with E-state index in [1.165, 1.54) is 0 Å². The first-order valence-corrected chi connectivity index (χ1v) is 8.15. The van der Waals surface area contributed by atoms with Gasteiger partial charge in [-0.3, -0.25) is 0 Å². The summed E-state index contributed by atoms with van der Waals surface area (Å²) in [6.45, 7) is -0.0410. The van der Waals surface area contributed by atoms with Crippen LogP contribution >= 0.6 is 0 Å². The normalized spacial score (nSPS) is 15.8. The number of aliphatic hydroxyl groups excluding tert-OH is 2.